The number of aromatic hydroxyl groups is 2. The Morgan fingerprint density at radius 3 is 1.54 bits per heavy atom. The summed E-state index contributed by atoms with van der Waals surface area (Å²) in [6.07, 6.45) is 0. The summed E-state index contributed by atoms with van der Waals surface area (Å²) in [5.41, 5.74) is 2.64. The Morgan fingerprint density at radius 2 is 1.03 bits per heavy atom. The SMILES string of the molecule is O=S1(=O)OC(c2ccc(O)c(-c3ccccc3)c2)(c2ccc(O)c(-c3ccccc3)c2)c2ccccc21. The van der Waals surface area contributed by atoms with Crippen LogP contribution in [0.3, 0.4) is 0 Å². The van der Waals surface area contributed by atoms with Crippen LogP contribution < -0.4 is 0 Å². The van der Waals surface area contributed by atoms with E-state index in [1.807, 2.05) is 60.7 Å². The van der Waals surface area contributed by atoms with Crippen molar-refractivity contribution in [2.75, 3.05) is 0 Å². The number of fused-ring (bicyclic) bond motifs is 1. The highest BCUT2D eigenvalue weighted by Gasteiger charge is 2.51. The van der Waals surface area contributed by atoms with Crippen LogP contribution in [0, 0.1) is 0 Å². The molecule has 6 rings (SSSR count). The number of rotatable bonds is 4. The molecule has 0 aromatic heterocycles. The minimum absolute atomic E-state index is 0.0647. The second kappa shape index (κ2) is 8.62. The largest absolute Gasteiger partial charge is 0.507 e. The quantitative estimate of drug-likeness (QED) is 0.274. The molecule has 5 aromatic rings. The molecule has 0 fully saturated rings. The molecule has 182 valence electrons. The minimum Gasteiger partial charge on any atom is -0.507 e. The second-order valence-electron chi connectivity index (χ2n) is 8.91. The van der Waals surface area contributed by atoms with Crippen LogP contribution in [0.1, 0.15) is 16.7 Å². The molecule has 5 nitrogen and oxygen atoms in total. The van der Waals surface area contributed by atoms with Crippen molar-refractivity contribution in [3.63, 3.8) is 0 Å². The molecule has 0 atom stereocenters. The summed E-state index contributed by atoms with van der Waals surface area (Å²) in [6.45, 7) is 0. The van der Waals surface area contributed by atoms with Gasteiger partial charge in [-0.05, 0) is 52.6 Å². The predicted molar refractivity (Wildman–Crippen MR) is 142 cm³/mol. The van der Waals surface area contributed by atoms with Crippen LogP contribution in [-0.4, -0.2) is 18.6 Å². The maximum absolute atomic E-state index is 13.3. The fraction of sp³-hybridized carbons (Fsp3) is 0.0323. The molecule has 1 aliphatic rings. The lowest BCUT2D eigenvalue weighted by Gasteiger charge is -2.30. The predicted octanol–water partition coefficient (Wildman–Crippen LogP) is 6.44. The third kappa shape index (κ3) is 3.69. The average Bonchev–Trinajstić information content (AvgIpc) is 3.18. The summed E-state index contributed by atoms with van der Waals surface area (Å²) in [7, 11) is -4.11. The molecule has 5 aromatic carbocycles. The van der Waals surface area contributed by atoms with E-state index in [9.17, 15) is 18.6 Å². The van der Waals surface area contributed by atoms with Crippen LogP contribution in [0.2, 0.25) is 0 Å². The maximum atomic E-state index is 13.3. The average molecular weight is 507 g/mol. The van der Waals surface area contributed by atoms with Crippen molar-refractivity contribution in [3.05, 3.63) is 138 Å². The highest BCUT2D eigenvalue weighted by atomic mass is 32.2. The van der Waals surface area contributed by atoms with Crippen LogP contribution >= 0.6 is 0 Å². The molecule has 0 bridgehead atoms. The molecule has 1 heterocycles. The topological polar surface area (TPSA) is 83.8 Å². The Labute approximate surface area is 215 Å². The van der Waals surface area contributed by atoms with Crippen LogP contribution in [0.15, 0.2) is 126 Å². The van der Waals surface area contributed by atoms with E-state index < -0.39 is 15.7 Å². The van der Waals surface area contributed by atoms with Gasteiger partial charge in [0.2, 0.25) is 0 Å². The number of hydrogen-bond donors (Lipinski definition) is 2. The Kier molecular flexibility index (Phi) is 5.37. The van der Waals surface area contributed by atoms with Crippen LogP contribution in [-0.2, 0) is 19.9 Å². The van der Waals surface area contributed by atoms with Crippen molar-refractivity contribution in [3.8, 4) is 33.8 Å². The normalized spacial score (nSPS) is 15.2. The van der Waals surface area contributed by atoms with Gasteiger partial charge in [0.1, 0.15) is 16.4 Å². The smallest absolute Gasteiger partial charge is 0.298 e. The van der Waals surface area contributed by atoms with E-state index in [0.717, 1.165) is 11.1 Å². The van der Waals surface area contributed by atoms with E-state index >= 15 is 0 Å². The van der Waals surface area contributed by atoms with E-state index in [4.69, 9.17) is 4.18 Å². The third-order valence-electron chi connectivity index (χ3n) is 6.75. The lowest BCUT2D eigenvalue weighted by atomic mass is 9.78. The molecule has 37 heavy (non-hydrogen) atoms. The van der Waals surface area contributed by atoms with Gasteiger partial charge >= 0.3 is 0 Å². The first-order valence-electron chi connectivity index (χ1n) is 11.7. The molecule has 1 aliphatic heterocycles. The molecule has 0 saturated heterocycles. The van der Waals surface area contributed by atoms with Gasteiger partial charge in [0.25, 0.3) is 10.1 Å². The van der Waals surface area contributed by atoms with Gasteiger partial charge in [-0.1, -0.05) is 91.0 Å². The van der Waals surface area contributed by atoms with Crippen molar-refractivity contribution in [2.24, 2.45) is 0 Å². The number of benzene rings is 5. The van der Waals surface area contributed by atoms with Crippen LogP contribution in [0.25, 0.3) is 22.3 Å². The van der Waals surface area contributed by atoms with Crippen molar-refractivity contribution in [1.29, 1.82) is 0 Å². The lowest BCUT2D eigenvalue weighted by Crippen LogP contribution is -2.29. The third-order valence-corrected chi connectivity index (χ3v) is 8.11. The molecular formula is C31H22O5S. The first kappa shape index (κ1) is 23.0. The van der Waals surface area contributed by atoms with Crippen molar-refractivity contribution >= 4 is 10.1 Å². The summed E-state index contributed by atoms with van der Waals surface area (Å²) in [5, 5.41) is 21.4. The fourth-order valence-electron chi connectivity index (χ4n) is 5.01. The van der Waals surface area contributed by atoms with Crippen molar-refractivity contribution in [2.45, 2.75) is 10.5 Å². The van der Waals surface area contributed by atoms with Gasteiger partial charge in [-0.2, -0.15) is 8.42 Å². The Hall–Kier alpha value is -4.39. The van der Waals surface area contributed by atoms with Crippen molar-refractivity contribution in [1.82, 2.24) is 0 Å². The molecule has 0 aliphatic carbocycles. The van der Waals surface area contributed by atoms with E-state index in [1.54, 1.807) is 54.6 Å². The van der Waals surface area contributed by atoms with Gasteiger partial charge in [0.05, 0.1) is 0 Å². The van der Waals surface area contributed by atoms with Crippen molar-refractivity contribution < 1.29 is 22.8 Å². The minimum atomic E-state index is -4.11. The van der Waals surface area contributed by atoms with E-state index in [2.05, 4.69) is 0 Å². The lowest BCUT2D eigenvalue weighted by molar-refractivity contribution is 0.180. The summed E-state index contributed by atoms with van der Waals surface area (Å²) >= 11 is 0. The Bertz CT molecular complexity index is 1640. The van der Waals surface area contributed by atoms with Gasteiger partial charge in [-0.25, -0.2) is 4.18 Å². The molecule has 2 N–H and O–H groups in total. The summed E-state index contributed by atoms with van der Waals surface area (Å²) in [6, 6.07) is 35.4. The zero-order valence-corrected chi connectivity index (χ0v) is 20.4. The maximum Gasteiger partial charge on any atom is 0.298 e. The molecular weight excluding hydrogens is 484 g/mol. The van der Waals surface area contributed by atoms with Gasteiger partial charge in [0, 0.05) is 16.7 Å². The highest BCUT2D eigenvalue weighted by molar-refractivity contribution is 7.87. The standard InChI is InChI=1S/C31H22O5S/c32-28-17-15-23(19-25(28)21-9-3-1-4-10-21)31(27-13-7-8-14-30(27)37(34,35)36-31)24-16-18-29(33)26(20-24)22-11-5-2-6-12-22/h1-20,32-33H. The number of phenols is 2. The van der Waals surface area contributed by atoms with Gasteiger partial charge < -0.3 is 10.2 Å². The Morgan fingerprint density at radius 1 is 0.568 bits per heavy atom. The Balaban J connectivity index is 1.67. The summed E-state index contributed by atoms with van der Waals surface area (Å²) < 4.78 is 32.7. The van der Waals surface area contributed by atoms with Gasteiger partial charge in [-0.15, -0.1) is 0 Å². The monoisotopic (exact) mass is 506 g/mol. The van der Waals surface area contributed by atoms with Gasteiger partial charge in [0.15, 0.2) is 5.60 Å². The first-order chi connectivity index (χ1) is 17.9. The van der Waals surface area contributed by atoms with Crippen LogP contribution in [0.4, 0.5) is 0 Å². The number of phenolic OH excluding ortho intramolecular Hbond substituents is 2. The van der Waals surface area contributed by atoms with Crippen LogP contribution in [0.5, 0.6) is 11.5 Å². The van der Waals surface area contributed by atoms with E-state index in [-0.39, 0.29) is 16.4 Å². The van der Waals surface area contributed by atoms with Gasteiger partial charge in [-0.3, -0.25) is 0 Å². The van der Waals surface area contributed by atoms with E-state index in [1.165, 1.54) is 6.07 Å². The molecule has 6 heteroatoms. The molecule has 0 radical (unpaired) electrons. The first-order valence-corrected chi connectivity index (χ1v) is 13.1. The summed E-state index contributed by atoms with van der Waals surface area (Å²) in [5.74, 6) is 0.129. The summed E-state index contributed by atoms with van der Waals surface area (Å²) in [4.78, 5) is 0.0821. The molecule has 0 amide bonds. The zero-order chi connectivity index (χ0) is 25.6. The zero-order valence-electron chi connectivity index (χ0n) is 19.6. The number of hydrogen-bond acceptors (Lipinski definition) is 5. The fourth-order valence-corrected chi connectivity index (χ4v) is 6.44. The molecule has 0 saturated carbocycles. The van der Waals surface area contributed by atoms with E-state index in [0.29, 0.717) is 27.8 Å². The highest BCUT2D eigenvalue weighted by Crippen LogP contribution is 2.52. The molecule has 0 unspecified atom stereocenters. The molecule has 0 spiro atoms. The second-order valence-corrected chi connectivity index (χ2v) is 10.4.